The first-order valence-corrected chi connectivity index (χ1v) is 9.85. The molecular weight excluding hydrogens is 364 g/mol. The number of Topliss-reactive ketones (excluding diaryl/α,β-unsaturated/α-hetero) is 3. The van der Waals surface area contributed by atoms with Crippen LogP contribution in [-0.2, 0) is 15.6 Å². The highest BCUT2D eigenvalue weighted by atomic mass is 16.3. The lowest BCUT2D eigenvalue weighted by Gasteiger charge is -2.30. The highest BCUT2D eigenvalue weighted by Crippen LogP contribution is 2.42. The van der Waals surface area contributed by atoms with E-state index in [4.69, 9.17) is 0 Å². The smallest absolute Gasteiger partial charge is 0.230 e. The molecule has 0 amide bonds. The summed E-state index contributed by atoms with van der Waals surface area (Å²) in [5.74, 6) is -2.70. The monoisotopic (exact) mass is 392 g/mol. The van der Waals surface area contributed by atoms with E-state index in [1.165, 1.54) is 0 Å². The molecule has 4 nitrogen and oxygen atoms in total. The SMILES string of the molecule is Cc1cccc2c1C(=O)C(=O)C(c1cc(C(C)(C)C)c(O)c(C(C)(C)C)c1)C2=O. The molecule has 1 atom stereocenters. The third kappa shape index (κ3) is 3.41. The first-order chi connectivity index (χ1) is 13.2. The summed E-state index contributed by atoms with van der Waals surface area (Å²) < 4.78 is 0. The van der Waals surface area contributed by atoms with Crippen LogP contribution < -0.4 is 0 Å². The Balaban J connectivity index is 2.29. The zero-order valence-corrected chi connectivity index (χ0v) is 18.1. The number of carbonyl (C=O) groups excluding carboxylic acids is 3. The maximum Gasteiger partial charge on any atom is 0.230 e. The molecule has 1 aliphatic rings. The van der Waals surface area contributed by atoms with Gasteiger partial charge in [0.1, 0.15) is 11.7 Å². The molecular formula is C25H28O4. The quantitative estimate of drug-likeness (QED) is 0.546. The van der Waals surface area contributed by atoms with Gasteiger partial charge >= 0.3 is 0 Å². The molecule has 0 heterocycles. The molecule has 0 aliphatic heterocycles. The van der Waals surface area contributed by atoms with E-state index in [1.807, 2.05) is 41.5 Å². The number of rotatable bonds is 1. The standard InChI is InChI=1S/C25H28O4/c1-13-9-8-10-15-18(13)22(28)23(29)19(20(15)26)14-11-16(24(2,3)4)21(27)17(12-14)25(5,6)7/h8-12,19,27H,1-7H3. The Labute approximate surface area is 172 Å². The van der Waals surface area contributed by atoms with Gasteiger partial charge in [-0.2, -0.15) is 0 Å². The molecule has 0 fully saturated rings. The van der Waals surface area contributed by atoms with Crippen molar-refractivity contribution >= 4 is 17.3 Å². The molecule has 0 aromatic heterocycles. The van der Waals surface area contributed by atoms with Gasteiger partial charge in [-0.15, -0.1) is 0 Å². The first kappa shape index (κ1) is 21.0. The highest BCUT2D eigenvalue weighted by molar-refractivity contribution is 6.53. The molecule has 0 radical (unpaired) electrons. The zero-order valence-electron chi connectivity index (χ0n) is 18.1. The third-order valence-corrected chi connectivity index (χ3v) is 5.60. The average Bonchev–Trinajstić information content (AvgIpc) is 2.59. The Bertz CT molecular complexity index is 1010. The van der Waals surface area contributed by atoms with Gasteiger partial charge in [-0.05, 0) is 40.0 Å². The van der Waals surface area contributed by atoms with Gasteiger partial charge in [-0.1, -0.05) is 71.9 Å². The van der Waals surface area contributed by atoms with Crippen LogP contribution in [0.4, 0.5) is 0 Å². The zero-order chi connectivity index (χ0) is 21.9. The lowest BCUT2D eigenvalue weighted by molar-refractivity contribution is -0.115. The van der Waals surface area contributed by atoms with E-state index < -0.39 is 28.3 Å². The number of phenolic OH excluding ortho intramolecular Hbond substituents is 1. The van der Waals surface area contributed by atoms with E-state index in [2.05, 4.69) is 0 Å². The first-order valence-electron chi connectivity index (χ1n) is 9.85. The molecule has 0 spiro atoms. The van der Waals surface area contributed by atoms with Crippen molar-refractivity contribution in [1.82, 2.24) is 0 Å². The topological polar surface area (TPSA) is 71.4 Å². The molecule has 3 rings (SSSR count). The molecule has 1 aliphatic carbocycles. The second-order valence-electron chi connectivity index (χ2n) is 9.95. The lowest BCUT2D eigenvalue weighted by Crippen LogP contribution is -2.36. The van der Waals surface area contributed by atoms with Crippen LogP contribution in [0.3, 0.4) is 0 Å². The van der Waals surface area contributed by atoms with Crippen LogP contribution in [0.2, 0.25) is 0 Å². The van der Waals surface area contributed by atoms with Crippen molar-refractivity contribution in [1.29, 1.82) is 0 Å². The van der Waals surface area contributed by atoms with Gasteiger partial charge in [0, 0.05) is 11.1 Å². The van der Waals surface area contributed by atoms with Crippen molar-refractivity contribution in [3.8, 4) is 5.75 Å². The molecule has 2 aromatic rings. The molecule has 0 saturated heterocycles. The van der Waals surface area contributed by atoms with E-state index in [9.17, 15) is 19.5 Å². The minimum absolute atomic E-state index is 0.173. The fraction of sp³-hybridized carbons (Fsp3) is 0.400. The molecule has 0 bridgehead atoms. The number of benzene rings is 2. The van der Waals surface area contributed by atoms with E-state index in [1.54, 1.807) is 37.3 Å². The van der Waals surface area contributed by atoms with Crippen molar-refractivity contribution in [3.63, 3.8) is 0 Å². The van der Waals surface area contributed by atoms with Gasteiger partial charge in [0.05, 0.1) is 0 Å². The predicted octanol–water partition coefficient (Wildman–Crippen LogP) is 5.03. The summed E-state index contributed by atoms with van der Waals surface area (Å²) >= 11 is 0. The second kappa shape index (κ2) is 6.65. The Morgan fingerprint density at radius 2 is 1.34 bits per heavy atom. The number of hydrogen-bond donors (Lipinski definition) is 1. The van der Waals surface area contributed by atoms with Crippen LogP contribution in [-0.4, -0.2) is 22.5 Å². The summed E-state index contributed by atoms with van der Waals surface area (Å²) in [6.45, 7) is 13.5. The fourth-order valence-electron chi connectivity index (χ4n) is 3.97. The minimum Gasteiger partial charge on any atom is -0.507 e. The molecule has 4 heteroatoms. The molecule has 1 unspecified atom stereocenters. The van der Waals surface area contributed by atoms with Crippen LogP contribution in [0.25, 0.3) is 0 Å². The van der Waals surface area contributed by atoms with E-state index in [0.717, 1.165) is 0 Å². The third-order valence-electron chi connectivity index (χ3n) is 5.60. The number of fused-ring (bicyclic) bond motifs is 1. The van der Waals surface area contributed by atoms with Gasteiger partial charge < -0.3 is 5.11 Å². The van der Waals surface area contributed by atoms with Gasteiger partial charge in [0.25, 0.3) is 0 Å². The van der Waals surface area contributed by atoms with Gasteiger partial charge in [-0.3, -0.25) is 14.4 Å². The predicted molar refractivity (Wildman–Crippen MR) is 113 cm³/mol. The Morgan fingerprint density at radius 3 is 1.83 bits per heavy atom. The molecule has 1 N–H and O–H groups in total. The normalized spacial score (nSPS) is 17.5. The van der Waals surface area contributed by atoms with Crippen molar-refractivity contribution < 1.29 is 19.5 Å². The molecule has 152 valence electrons. The Kier molecular flexibility index (Phi) is 4.81. The van der Waals surface area contributed by atoms with Gasteiger partial charge in [-0.25, -0.2) is 0 Å². The fourth-order valence-corrected chi connectivity index (χ4v) is 3.97. The van der Waals surface area contributed by atoms with Crippen molar-refractivity contribution in [3.05, 3.63) is 63.7 Å². The van der Waals surface area contributed by atoms with E-state index in [0.29, 0.717) is 27.8 Å². The van der Waals surface area contributed by atoms with Crippen LogP contribution in [0.15, 0.2) is 30.3 Å². The largest absolute Gasteiger partial charge is 0.507 e. The molecule has 0 saturated carbocycles. The molecule has 2 aromatic carbocycles. The van der Waals surface area contributed by atoms with Crippen molar-refractivity contribution in [2.45, 2.75) is 65.2 Å². The van der Waals surface area contributed by atoms with Crippen molar-refractivity contribution in [2.24, 2.45) is 0 Å². The number of ketones is 3. The lowest BCUT2D eigenvalue weighted by atomic mass is 9.72. The minimum atomic E-state index is -1.18. The van der Waals surface area contributed by atoms with Gasteiger partial charge in [0.2, 0.25) is 11.6 Å². The van der Waals surface area contributed by atoms with E-state index >= 15 is 0 Å². The second-order valence-corrected chi connectivity index (χ2v) is 9.95. The number of phenols is 1. The van der Waals surface area contributed by atoms with Crippen LogP contribution in [0.5, 0.6) is 5.75 Å². The van der Waals surface area contributed by atoms with Crippen molar-refractivity contribution in [2.75, 3.05) is 0 Å². The summed E-state index contributed by atoms with van der Waals surface area (Å²) in [4.78, 5) is 39.2. The maximum atomic E-state index is 13.3. The number of carbonyl (C=O) groups is 3. The van der Waals surface area contributed by atoms with Gasteiger partial charge in [0.15, 0.2) is 5.78 Å². The Morgan fingerprint density at radius 1 is 0.828 bits per heavy atom. The van der Waals surface area contributed by atoms with Crippen LogP contribution >= 0.6 is 0 Å². The average molecular weight is 392 g/mol. The number of aromatic hydroxyl groups is 1. The van der Waals surface area contributed by atoms with Crippen LogP contribution in [0, 0.1) is 6.92 Å². The summed E-state index contributed by atoms with van der Waals surface area (Å²) in [6.07, 6.45) is 0. The summed E-state index contributed by atoms with van der Waals surface area (Å²) in [5.41, 5.74) is 2.11. The van der Waals surface area contributed by atoms with E-state index in [-0.39, 0.29) is 17.1 Å². The number of aryl methyl sites for hydroxylation is 1. The Hall–Kier alpha value is -2.75. The highest BCUT2D eigenvalue weighted by Gasteiger charge is 2.43. The number of hydrogen-bond acceptors (Lipinski definition) is 4. The summed E-state index contributed by atoms with van der Waals surface area (Å²) in [6, 6.07) is 8.48. The maximum absolute atomic E-state index is 13.3. The van der Waals surface area contributed by atoms with Crippen LogP contribution in [0.1, 0.15) is 90.4 Å². The summed E-state index contributed by atoms with van der Waals surface area (Å²) in [7, 11) is 0. The molecule has 29 heavy (non-hydrogen) atoms. The summed E-state index contributed by atoms with van der Waals surface area (Å²) in [5, 5.41) is 10.9.